The number of carbonyl (C=O) groups is 2. The minimum Gasteiger partial charge on any atom is -0.349 e. The zero-order valence-corrected chi connectivity index (χ0v) is 15.8. The topological polar surface area (TPSA) is 61.4 Å². The van der Waals surface area contributed by atoms with Gasteiger partial charge in [-0.05, 0) is 44.0 Å². The standard InChI is InChI=1S/C20H25N3O2S/c1-15-7-8-18(26-15)20(25)22-17-9-12-23(13-10-17)14-11-19(24)21-16-5-3-2-4-6-16/h2-8,17H,9-14H2,1H3,(H,21,24)(H,22,25). The molecule has 0 bridgehead atoms. The van der Waals surface area contributed by atoms with Crippen LogP contribution in [0.25, 0.3) is 0 Å². The van der Waals surface area contributed by atoms with Gasteiger partial charge in [-0.1, -0.05) is 18.2 Å². The summed E-state index contributed by atoms with van der Waals surface area (Å²) in [5.41, 5.74) is 0.836. The van der Waals surface area contributed by atoms with E-state index in [1.807, 2.05) is 49.4 Å². The number of anilines is 1. The number of piperidine rings is 1. The Morgan fingerprint density at radius 2 is 1.85 bits per heavy atom. The number of aryl methyl sites for hydroxylation is 1. The van der Waals surface area contributed by atoms with Gasteiger partial charge >= 0.3 is 0 Å². The van der Waals surface area contributed by atoms with Gasteiger partial charge in [0, 0.05) is 42.7 Å². The highest BCUT2D eigenvalue weighted by Gasteiger charge is 2.22. The third-order valence-corrected chi connectivity index (χ3v) is 5.60. The van der Waals surface area contributed by atoms with Gasteiger partial charge in [-0.2, -0.15) is 0 Å². The van der Waals surface area contributed by atoms with Gasteiger partial charge < -0.3 is 15.5 Å². The van der Waals surface area contributed by atoms with Crippen molar-refractivity contribution in [1.82, 2.24) is 10.2 Å². The molecule has 2 aromatic rings. The van der Waals surface area contributed by atoms with Gasteiger partial charge in [-0.15, -0.1) is 11.3 Å². The number of hydrogen-bond donors (Lipinski definition) is 2. The van der Waals surface area contributed by atoms with Gasteiger partial charge in [0.05, 0.1) is 4.88 Å². The van der Waals surface area contributed by atoms with Gasteiger partial charge in [-0.3, -0.25) is 9.59 Å². The highest BCUT2D eigenvalue weighted by molar-refractivity contribution is 7.13. The molecule has 1 aliphatic rings. The molecule has 1 aromatic heterocycles. The second kappa shape index (κ2) is 8.96. The number of carbonyl (C=O) groups excluding carboxylic acids is 2. The van der Waals surface area contributed by atoms with Crippen LogP contribution in [-0.4, -0.2) is 42.4 Å². The lowest BCUT2D eigenvalue weighted by atomic mass is 10.0. The number of likely N-dealkylation sites (tertiary alicyclic amines) is 1. The predicted molar refractivity (Wildman–Crippen MR) is 106 cm³/mol. The molecule has 138 valence electrons. The highest BCUT2D eigenvalue weighted by atomic mass is 32.1. The maximum Gasteiger partial charge on any atom is 0.261 e. The van der Waals surface area contributed by atoms with E-state index in [9.17, 15) is 9.59 Å². The third kappa shape index (κ3) is 5.41. The maximum absolute atomic E-state index is 12.2. The van der Waals surface area contributed by atoms with Crippen molar-refractivity contribution in [3.05, 3.63) is 52.2 Å². The number of hydrogen-bond acceptors (Lipinski definition) is 4. The summed E-state index contributed by atoms with van der Waals surface area (Å²) in [7, 11) is 0. The highest BCUT2D eigenvalue weighted by Crippen LogP contribution is 2.17. The smallest absolute Gasteiger partial charge is 0.261 e. The molecular weight excluding hydrogens is 346 g/mol. The molecule has 1 saturated heterocycles. The Hall–Kier alpha value is -2.18. The molecule has 5 nitrogen and oxygen atoms in total. The van der Waals surface area contributed by atoms with Crippen LogP contribution in [0.3, 0.4) is 0 Å². The largest absolute Gasteiger partial charge is 0.349 e. The first-order chi connectivity index (χ1) is 12.6. The Morgan fingerprint density at radius 3 is 2.50 bits per heavy atom. The fourth-order valence-electron chi connectivity index (χ4n) is 3.12. The van der Waals surface area contributed by atoms with Crippen LogP contribution >= 0.6 is 11.3 Å². The summed E-state index contributed by atoms with van der Waals surface area (Å²) in [6.07, 6.45) is 2.34. The van der Waals surface area contributed by atoms with Crippen LogP contribution in [0.5, 0.6) is 0 Å². The Balaban J connectivity index is 1.36. The first kappa shape index (κ1) is 18.6. The molecule has 0 spiro atoms. The Morgan fingerprint density at radius 1 is 1.12 bits per heavy atom. The Kier molecular flexibility index (Phi) is 6.41. The number of rotatable bonds is 6. The number of benzene rings is 1. The zero-order chi connectivity index (χ0) is 18.4. The van der Waals surface area contributed by atoms with E-state index >= 15 is 0 Å². The minimum absolute atomic E-state index is 0.0313. The molecule has 2 N–H and O–H groups in total. The van der Waals surface area contributed by atoms with E-state index in [4.69, 9.17) is 0 Å². The van der Waals surface area contributed by atoms with E-state index in [2.05, 4.69) is 15.5 Å². The molecule has 6 heteroatoms. The van der Waals surface area contributed by atoms with E-state index < -0.39 is 0 Å². The number of para-hydroxylation sites is 1. The van der Waals surface area contributed by atoms with Crippen LogP contribution in [0, 0.1) is 6.92 Å². The van der Waals surface area contributed by atoms with E-state index in [1.54, 1.807) is 0 Å². The molecule has 26 heavy (non-hydrogen) atoms. The van der Waals surface area contributed by atoms with Crippen LogP contribution in [0.2, 0.25) is 0 Å². The predicted octanol–water partition coefficient (Wildman–Crippen LogP) is 3.28. The molecular formula is C20H25N3O2S. The van der Waals surface area contributed by atoms with Crippen molar-refractivity contribution < 1.29 is 9.59 Å². The summed E-state index contributed by atoms with van der Waals surface area (Å²) >= 11 is 1.53. The van der Waals surface area contributed by atoms with Crippen molar-refractivity contribution in [2.45, 2.75) is 32.2 Å². The number of nitrogens with zero attached hydrogens (tertiary/aromatic N) is 1. The van der Waals surface area contributed by atoms with Crippen LogP contribution in [-0.2, 0) is 4.79 Å². The SMILES string of the molecule is Cc1ccc(C(=O)NC2CCN(CCC(=O)Nc3ccccc3)CC2)s1. The van der Waals surface area contributed by atoms with E-state index in [0.29, 0.717) is 6.42 Å². The zero-order valence-electron chi connectivity index (χ0n) is 15.0. The fraction of sp³-hybridized carbons (Fsp3) is 0.400. The van der Waals surface area contributed by atoms with Gasteiger partial charge in [-0.25, -0.2) is 0 Å². The lowest BCUT2D eigenvalue weighted by molar-refractivity contribution is -0.116. The van der Waals surface area contributed by atoms with Crippen molar-refractivity contribution in [3.63, 3.8) is 0 Å². The Bertz CT molecular complexity index is 737. The lowest BCUT2D eigenvalue weighted by Crippen LogP contribution is -2.45. The van der Waals surface area contributed by atoms with Crippen LogP contribution < -0.4 is 10.6 Å². The van der Waals surface area contributed by atoms with E-state index in [0.717, 1.165) is 47.9 Å². The second-order valence-corrected chi connectivity index (χ2v) is 7.95. The van der Waals surface area contributed by atoms with Crippen LogP contribution in [0.15, 0.2) is 42.5 Å². The summed E-state index contributed by atoms with van der Waals surface area (Å²) in [5, 5.41) is 6.05. The number of thiophene rings is 1. The summed E-state index contributed by atoms with van der Waals surface area (Å²) in [4.78, 5) is 28.5. The van der Waals surface area contributed by atoms with Gasteiger partial charge in [0.2, 0.25) is 5.91 Å². The fourth-order valence-corrected chi connectivity index (χ4v) is 3.89. The van der Waals surface area contributed by atoms with Crippen molar-refractivity contribution in [1.29, 1.82) is 0 Å². The van der Waals surface area contributed by atoms with E-state index in [1.165, 1.54) is 11.3 Å². The summed E-state index contributed by atoms with van der Waals surface area (Å²) in [6.45, 7) is 4.58. The first-order valence-electron chi connectivity index (χ1n) is 9.05. The van der Waals surface area contributed by atoms with Crippen molar-refractivity contribution in [2.75, 3.05) is 25.0 Å². The molecule has 0 unspecified atom stereocenters. The van der Waals surface area contributed by atoms with Crippen molar-refractivity contribution >= 4 is 28.8 Å². The molecule has 0 aliphatic carbocycles. The minimum atomic E-state index is 0.0313. The first-order valence-corrected chi connectivity index (χ1v) is 9.86. The van der Waals surface area contributed by atoms with Crippen molar-refractivity contribution in [2.24, 2.45) is 0 Å². The quantitative estimate of drug-likeness (QED) is 0.819. The van der Waals surface area contributed by atoms with Gasteiger partial charge in [0.25, 0.3) is 5.91 Å². The molecule has 1 fully saturated rings. The lowest BCUT2D eigenvalue weighted by Gasteiger charge is -2.32. The number of amides is 2. The molecule has 0 radical (unpaired) electrons. The van der Waals surface area contributed by atoms with Crippen LogP contribution in [0.4, 0.5) is 5.69 Å². The van der Waals surface area contributed by atoms with Crippen molar-refractivity contribution in [3.8, 4) is 0 Å². The van der Waals surface area contributed by atoms with Gasteiger partial charge in [0.15, 0.2) is 0 Å². The summed E-state index contributed by atoms with van der Waals surface area (Å²) in [6, 6.07) is 13.6. The Labute approximate surface area is 158 Å². The van der Waals surface area contributed by atoms with E-state index in [-0.39, 0.29) is 17.9 Å². The monoisotopic (exact) mass is 371 g/mol. The van der Waals surface area contributed by atoms with Gasteiger partial charge in [0.1, 0.15) is 0 Å². The second-order valence-electron chi connectivity index (χ2n) is 6.66. The summed E-state index contributed by atoms with van der Waals surface area (Å²) in [5.74, 6) is 0.0727. The van der Waals surface area contributed by atoms with Crippen LogP contribution in [0.1, 0.15) is 33.8 Å². The number of nitrogens with one attached hydrogen (secondary N) is 2. The molecule has 3 rings (SSSR count). The molecule has 2 amide bonds. The molecule has 0 saturated carbocycles. The molecule has 1 aromatic carbocycles. The third-order valence-electron chi connectivity index (χ3n) is 4.60. The average molecular weight is 372 g/mol. The normalized spacial score (nSPS) is 15.6. The molecule has 0 atom stereocenters. The molecule has 1 aliphatic heterocycles. The summed E-state index contributed by atoms with van der Waals surface area (Å²) < 4.78 is 0. The average Bonchev–Trinajstić information content (AvgIpc) is 3.09. The maximum atomic E-state index is 12.2. The molecule has 2 heterocycles.